The first kappa shape index (κ1) is 33.5. The summed E-state index contributed by atoms with van der Waals surface area (Å²) < 4.78 is 16.7. The predicted octanol–water partition coefficient (Wildman–Crippen LogP) is 6.23. The molecule has 0 saturated carbocycles. The summed E-state index contributed by atoms with van der Waals surface area (Å²) >= 11 is 0. The number of phenolic OH excluding ortho intramolecular Hbond substituents is 1. The minimum absolute atomic E-state index is 0.203. The molecule has 0 heterocycles. The van der Waals surface area contributed by atoms with E-state index in [1.54, 1.807) is 47.6 Å². The van der Waals surface area contributed by atoms with Crippen LogP contribution in [0.1, 0.15) is 89.1 Å². The summed E-state index contributed by atoms with van der Waals surface area (Å²) in [6, 6.07) is 9.82. The van der Waals surface area contributed by atoms with Gasteiger partial charge in [-0.3, -0.25) is 19.8 Å². The molecule has 8 nitrogen and oxygen atoms in total. The van der Waals surface area contributed by atoms with Crippen molar-refractivity contribution < 1.29 is 28.9 Å². The molecule has 2 aromatic carbocycles. The molecule has 3 N–H and O–H groups in total. The maximum Gasteiger partial charge on any atom is 0.326 e. The lowest BCUT2D eigenvalue weighted by Crippen LogP contribution is -2.52. The first-order chi connectivity index (χ1) is 18.6. The van der Waals surface area contributed by atoms with Crippen molar-refractivity contribution in [2.45, 2.75) is 92.7 Å². The van der Waals surface area contributed by atoms with Crippen LogP contribution in [-0.2, 0) is 25.5 Å². The Morgan fingerprint density at radius 1 is 0.900 bits per heavy atom. The Morgan fingerprint density at radius 3 is 1.85 bits per heavy atom. The molecule has 0 atom stereocenters. The van der Waals surface area contributed by atoms with Crippen LogP contribution >= 0.6 is 8.22 Å². The molecule has 0 saturated heterocycles. The summed E-state index contributed by atoms with van der Waals surface area (Å²) in [5.41, 5.74) is 3.47. The molecule has 0 amide bonds. The average molecular weight is 575 g/mol. The van der Waals surface area contributed by atoms with Crippen molar-refractivity contribution in [3.05, 3.63) is 58.1 Å². The Kier molecular flexibility index (Phi) is 12.0. The molecule has 2 aromatic rings. The minimum atomic E-state index is -1.37. The molecule has 0 radical (unpaired) electrons. The summed E-state index contributed by atoms with van der Waals surface area (Å²) in [7, 11) is -1.37. The van der Waals surface area contributed by atoms with Gasteiger partial charge in [0.25, 0.3) is 0 Å². The molecule has 222 valence electrons. The van der Waals surface area contributed by atoms with Gasteiger partial charge in [-0.2, -0.15) is 0 Å². The Balaban J connectivity index is 2.26. The van der Waals surface area contributed by atoms with E-state index in [0.717, 1.165) is 28.7 Å². The van der Waals surface area contributed by atoms with Crippen LogP contribution in [0.25, 0.3) is 0 Å². The number of hydrogen-bond acceptors (Lipinski definition) is 8. The molecule has 0 aliphatic carbocycles. The number of rotatable bonds is 14. The van der Waals surface area contributed by atoms with Crippen LogP contribution in [0, 0.1) is 13.8 Å². The van der Waals surface area contributed by atoms with E-state index < -0.39 is 19.3 Å². The zero-order valence-electron chi connectivity index (χ0n) is 25.7. The smallest absolute Gasteiger partial charge is 0.326 e. The fraction of sp³-hybridized carbons (Fsp3) is 0.548. The highest BCUT2D eigenvalue weighted by atomic mass is 31.1. The van der Waals surface area contributed by atoms with Crippen molar-refractivity contribution in [2.75, 3.05) is 19.6 Å². The van der Waals surface area contributed by atoms with Gasteiger partial charge in [0.1, 0.15) is 28.9 Å². The first-order valence-corrected chi connectivity index (χ1v) is 15.4. The topological polar surface area (TPSA) is 106 Å². The van der Waals surface area contributed by atoms with Gasteiger partial charge in [0.2, 0.25) is 0 Å². The van der Waals surface area contributed by atoms with Crippen LogP contribution in [-0.4, -0.2) is 47.7 Å². The van der Waals surface area contributed by atoms with Crippen molar-refractivity contribution in [3.8, 4) is 11.5 Å². The zero-order chi connectivity index (χ0) is 30.3. The van der Waals surface area contributed by atoms with Gasteiger partial charge in [-0.25, -0.2) is 0 Å². The summed E-state index contributed by atoms with van der Waals surface area (Å²) in [6.07, 6.45) is 0.949. The summed E-state index contributed by atoms with van der Waals surface area (Å²) in [4.78, 5) is 25.2. The largest absolute Gasteiger partial charge is 0.508 e. The highest BCUT2D eigenvalue weighted by Crippen LogP contribution is 2.35. The lowest BCUT2D eigenvalue weighted by molar-refractivity contribution is -0.149. The molecular weight excluding hydrogens is 527 g/mol. The van der Waals surface area contributed by atoms with Crippen molar-refractivity contribution in [1.29, 1.82) is 0 Å². The number of aryl methyl sites for hydroxylation is 2. The van der Waals surface area contributed by atoms with Crippen molar-refractivity contribution in [1.82, 2.24) is 10.2 Å². The number of ether oxygens (including phenoxy) is 3. The molecule has 0 aliphatic heterocycles. The molecule has 0 aliphatic rings. The second kappa shape index (κ2) is 14.3. The molecule has 0 fully saturated rings. The fourth-order valence-corrected chi connectivity index (χ4v) is 6.31. The quantitative estimate of drug-likeness (QED) is 0.180. The van der Waals surface area contributed by atoms with Gasteiger partial charge in [-0.15, -0.1) is 0 Å². The van der Waals surface area contributed by atoms with E-state index in [9.17, 15) is 14.7 Å². The predicted molar refractivity (Wildman–Crippen MR) is 161 cm³/mol. The number of carbonyl (C=O) groups is 2. The van der Waals surface area contributed by atoms with E-state index in [1.807, 2.05) is 18.2 Å². The van der Waals surface area contributed by atoms with Gasteiger partial charge in [-0.1, -0.05) is 26.0 Å². The monoisotopic (exact) mass is 574 g/mol. The van der Waals surface area contributed by atoms with E-state index in [4.69, 9.17) is 14.2 Å². The molecule has 0 unspecified atom stereocenters. The number of nitrogens with one attached hydrogen (secondary N) is 2. The fourth-order valence-electron chi connectivity index (χ4n) is 4.32. The van der Waals surface area contributed by atoms with Crippen molar-refractivity contribution >= 4 is 20.2 Å². The molecular formula is C31H47N2O6P. The van der Waals surface area contributed by atoms with E-state index in [2.05, 4.69) is 43.9 Å². The Morgan fingerprint density at radius 2 is 1.40 bits per heavy atom. The van der Waals surface area contributed by atoms with Gasteiger partial charge < -0.3 is 19.3 Å². The van der Waals surface area contributed by atoms with Crippen molar-refractivity contribution in [3.63, 3.8) is 0 Å². The van der Waals surface area contributed by atoms with Crippen LogP contribution in [0.5, 0.6) is 11.5 Å². The van der Waals surface area contributed by atoms with Gasteiger partial charge in [-0.05, 0) is 114 Å². The van der Waals surface area contributed by atoms with Crippen molar-refractivity contribution in [2.24, 2.45) is 0 Å². The lowest BCUT2D eigenvalue weighted by Gasteiger charge is -2.34. The minimum Gasteiger partial charge on any atom is -0.508 e. The number of benzene rings is 2. The second-order valence-electron chi connectivity index (χ2n) is 11.4. The van der Waals surface area contributed by atoms with E-state index in [-0.39, 0.29) is 37.4 Å². The summed E-state index contributed by atoms with van der Waals surface area (Å²) in [5, 5.41) is 16.8. The zero-order valence-corrected chi connectivity index (χ0v) is 26.6. The highest BCUT2D eigenvalue weighted by Gasteiger charge is 2.37. The number of carbonyl (C=O) groups excluding carboxylic acids is 2. The van der Waals surface area contributed by atoms with E-state index in [0.29, 0.717) is 11.5 Å². The average Bonchev–Trinajstić information content (AvgIpc) is 2.85. The van der Waals surface area contributed by atoms with Gasteiger partial charge in [0.15, 0.2) is 0 Å². The SMILES string of the molecule is CCOC(=O)C(C)(C)NP(COc1cc(C)c(Cc2ccc(O)c(C(C)C)c2)c(C)c1)NC(C)(C)C(=O)OCC. The number of hydrogen-bond donors (Lipinski definition) is 3. The van der Waals surface area contributed by atoms with Gasteiger partial charge >= 0.3 is 11.9 Å². The highest BCUT2D eigenvalue weighted by molar-refractivity contribution is 7.53. The number of phenols is 1. The molecule has 0 aromatic heterocycles. The Hall–Kier alpha value is -2.67. The van der Waals surface area contributed by atoms with Gasteiger partial charge in [0.05, 0.1) is 21.4 Å². The van der Waals surface area contributed by atoms with Crippen LogP contribution in [0.2, 0.25) is 0 Å². The van der Waals surface area contributed by atoms with Gasteiger partial charge in [0, 0.05) is 0 Å². The van der Waals surface area contributed by atoms with Crippen LogP contribution in [0.4, 0.5) is 0 Å². The molecule has 2 rings (SSSR count). The molecule has 40 heavy (non-hydrogen) atoms. The van der Waals surface area contributed by atoms with E-state index >= 15 is 0 Å². The summed E-state index contributed by atoms with van der Waals surface area (Å²) in [5.74, 6) is 0.490. The van der Waals surface area contributed by atoms with E-state index in [1.165, 1.54) is 5.56 Å². The normalized spacial score (nSPS) is 12.1. The second-order valence-corrected chi connectivity index (χ2v) is 12.9. The van der Waals surface area contributed by atoms with Crippen LogP contribution in [0.3, 0.4) is 0 Å². The third-order valence-electron chi connectivity index (χ3n) is 6.53. The molecule has 0 spiro atoms. The third-order valence-corrected chi connectivity index (χ3v) is 8.57. The number of esters is 2. The first-order valence-electron chi connectivity index (χ1n) is 13.8. The van der Waals surface area contributed by atoms with Crippen LogP contribution in [0.15, 0.2) is 30.3 Å². The maximum atomic E-state index is 12.6. The Bertz CT molecular complexity index is 1120. The standard InChI is InChI=1S/C31H47N2O6P/c1-11-37-28(35)30(7,8)32-40(33-31(9,10)29(36)38-12-2)19-39-24-15-21(5)26(22(6)16-24)18-23-13-14-27(34)25(17-23)20(3)4/h13-17,20,32-34H,11-12,18-19H2,1-10H3. The number of aromatic hydroxyl groups is 1. The maximum absolute atomic E-state index is 12.6. The summed E-state index contributed by atoms with van der Waals surface area (Å²) in [6.45, 7) is 19.3. The lowest BCUT2D eigenvalue weighted by atomic mass is 9.93. The molecule has 0 bridgehead atoms. The third kappa shape index (κ3) is 9.18. The van der Waals surface area contributed by atoms with Crippen LogP contribution < -0.4 is 14.9 Å². The Labute approximate surface area is 241 Å². The molecule has 9 heteroatoms.